The van der Waals surface area contributed by atoms with Crippen LogP contribution >= 0.6 is 0 Å². The smallest absolute Gasteiger partial charge is 0.241 e. The molecule has 112 valence electrons. The number of nitrogens with one attached hydrogen (secondary N) is 2. The molecule has 1 atom stereocenters. The van der Waals surface area contributed by atoms with Crippen molar-refractivity contribution in [2.45, 2.75) is 56.0 Å². The summed E-state index contributed by atoms with van der Waals surface area (Å²) >= 11 is 0. The number of hydrogen-bond donors (Lipinski definition) is 2. The van der Waals surface area contributed by atoms with E-state index in [0.717, 1.165) is 31.2 Å². The minimum atomic E-state index is -3.44. The number of rotatable bonds is 5. The van der Waals surface area contributed by atoms with Gasteiger partial charge in [0.15, 0.2) is 0 Å². The van der Waals surface area contributed by atoms with E-state index in [0.29, 0.717) is 4.90 Å². The van der Waals surface area contributed by atoms with Gasteiger partial charge in [0.2, 0.25) is 10.0 Å². The number of sulfonamides is 1. The summed E-state index contributed by atoms with van der Waals surface area (Å²) in [5.74, 6) is 0. The zero-order valence-corrected chi connectivity index (χ0v) is 13.3. The molecular formula is C15H24N2O2S. The van der Waals surface area contributed by atoms with Crippen LogP contribution in [0, 0.1) is 0 Å². The summed E-state index contributed by atoms with van der Waals surface area (Å²) in [5.41, 5.74) is 0.690. The molecule has 1 saturated carbocycles. The van der Waals surface area contributed by atoms with E-state index in [1.165, 1.54) is 0 Å². The Labute approximate surface area is 122 Å². The lowest BCUT2D eigenvalue weighted by Crippen LogP contribution is -2.43. The fourth-order valence-corrected chi connectivity index (χ4v) is 4.28. The summed E-state index contributed by atoms with van der Waals surface area (Å²) in [5, 5.41) is 3.13. The van der Waals surface area contributed by atoms with Gasteiger partial charge >= 0.3 is 0 Å². The van der Waals surface area contributed by atoms with Gasteiger partial charge in [-0.3, -0.25) is 0 Å². The summed E-state index contributed by atoms with van der Waals surface area (Å²) < 4.78 is 27.9. The van der Waals surface area contributed by atoms with E-state index < -0.39 is 10.0 Å². The predicted octanol–water partition coefficient (Wildman–Crippen LogP) is 2.58. The quantitative estimate of drug-likeness (QED) is 0.878. The van der Waals surface area contributed by atoms with E-state index >= 15 is 0 Å². The minimum absolute atomic E-state index is 0.132. The fourth-order valence-electron chi connectivity index (χ4n) is 2.76. The zero-order valence-electron chi connectivity index (χ0n) is 12.4. The molecule has 0 heterocycles. The molecule has 1 fully saturated rings. The van der Waals surface area contributed by atoms with Crippen LogP contribution in [-0.2, 0) is 10.0 Å². The Kier molecular flexibility index (Phi) is 4.52. The van der Waals surface area contributed by atoms with Gasteiger partial charge in [0, 0.05) is 11.6 Å². The maximum Gasteiger partial charge on any atom is 0.241 e. The fraction of sp³-hybridized carbons (Fsp3) is 0.600. The maximum absolute atomic E-state index is 12.5. The highest BCUT2D eigenvalue weighted by molar-refractivity contribution is 7.89. The molecule has 0 radical (unpaired) electrons. The summed E-state index contributed by atoms with van der Waals surface area (Å²) in [7, 11) is -1.58. The van der Waals surface area contributed by atoms with Crippen LogP contribution in [0.5, 0.6) is 0 Å². The van der Waals surface area contributed by atoms with Gasteiger partial charge in [0.05, 0.1) is 4.90 Å². The second-order valence-electron chi connectivity index (χ2n) is 5.96. The third-order valence-corrected chi connectivity index (χ3v) is 5.83. The van der Waals surface area contributed by atoms with Crippen LogP contribution in [0.15, 0.2) is 29.2 Å². The normalized spacial score (nSPS) is 19.9. The molecule has 4 nitrogen and oxygen atoms in total. The zero-order chi connectivity index (χ0) is 14.8. The molecule has 0 amide bonds. The minimum Gasteiger partial charge on any atom is -0.313 e. The van der Waals surface area contributed by atoms with Crippen molar-refractivity contribution in [1.29, 1.82) is 0 Å². The highest BCUT2D eigenvalue weighted by atomic mass is 32.2. The largest absolute Gasteiger partial charge is 0.313 e. The molecule has 0 aliphatic heterocycles. The molecule has 0 bridgehead atoms. The summed E-state index contributed by atoms with van der Waals surface area (Å²) in [6.07, 6.45) is 4.02. The molecule has 1 aliphatic rings. The molecule has 1 aliphatic carbocycles. The van der Waals surface area contributed by atoms with Crippen LogP contribution in [0.25, 0.3) is 0 Å². The Balaban J connectivity index is 2.25. The standard InChI is InChI=1S/C15H24N2O2S/c1-12(16-3)13-7-6-8-14(11-13)20(18,19)17-15(2)9-4-5-10-15/h6-8,11-12,16-17H,4-5,9-10H2,1-3H3. The second-order valence-corrected chi connectivity index (χ2v) is 7.64. The van der Waals surface area contributed by atoms with Crippen LogP contribution in [0.1, 0.15) is 51.1 Å². The first kappa shape index (κ1) is 15.5. The van der Waals surface area contributed by atoms with E-state index in [-0.39, 0.29) is 11.6 Å². The third-order valence-electron chi connectivity index (χ3n) is 4.19. The summed E-state index contributed by atoms with van der Waals surface area (Å²) in [6.45, 7) is 4.01. The lowest BCUT2D eigenvalue weighted by atomic mass is 10.0. The Bertz CT molecular complexity index is 563. The maximum atomic E-state index is 12.5. The topological polar surface area (TPSA) is 58.2 Å². The van der Waals surface area contributed by atoms with Gasteiger partial charge in [-0.2, -0.15) is 0 Å². The van der Waals surface area contributed by atoms with Crippen molar-refractivity contribution in [3.8, 4) is 0 Å². The van der Waals surface area contributed by atoms with Crippen molar-refractivity contribution in [2.75, 3.05) is 7.05 Å². The Morgan fingerprint density at radius 3 is 2.50 bits per heavy atom. The molecule has 5 heteroatoms. The molecule has 2 N–H and O–H groups in total. The first-order chi connectivity index (χ1) is 9.36. The highest BCUT2D eigenvalue weighted by Gasteiger charge is 2.33. The summed E-state index contributed by atoms with van der Waals surface area (Å²) in [6, 6.07) is 7.28. The first-order valence-electron chi connectivity index (χ1n) is 7.17. The molecule has 0 saturated heterocycles. The van der Waals surface area contributed by atoms with E-state index in [1.807, 2.05) is 27.0 Å². The third kappa shape index (κ3) is 3.40. The predicted molar refractivity (Wildman–Crippen MR) is 81.1 cm³/mol. The van der Waals surface area contributed by atoms with E-state index in [2.05, 4.69) is 10.0 Å². The SMILES string of the molecule is CNC(C)c1cccc(S(=O)(=O)NC2(C)CCCC2)c1. The van der Waals surface area contributed by atoms with Gasteiger partial charge in [-0.1, -0.05) is 25.0 Å². The average Bonchev–Trinajstić information content (AvgIpc) is 2.83. The lowest BCUT2D eigenvalue weighted by molar-refractivity contribution is 0.427. The van der Waals surface area contributed by atoms with Crippen molar-refractivity contribution in [2.24, 2.45) is 0 Å². The first-order valence-corrected chi connectivity index (χ1v) is 8.66. The van der Waals surface area contributed by atoms with E-state index in [9.17, 15) is 8.42 Å². The lowest BCUT2D eigenvalue weighted by Gasteiger charge is -2.25. The van der Waals surface area contributed by atoms with Crippen LogP contribution in [0.3, 0.4) is 0 Å². The van der Waals surface area contributed by atoms with Crippen LogP contribution < -0.4 is 10.0 Å². The molecule has 0 spiro atoms. The second kappa shape index (κ2) is 5.84. The Morgan fingerprint density at radius 1 is 1.25 bits per heavy atom. The van der Waals surface area contributed by atoms with Gasteiger partial charge in [-0.15, -0.1) is 0 Å². The van der Waals surface area contributed by atoms with E-state index in [4.69, 9.17) is 0 Å². The average molecular weight is 296 g/mol. The monoisotopic (exact) mass is 296 g/mol. The Morgan fingerprint density at radius 2 is 1.90 bits per heavy atom. The molecule has 0 aromatic heterocycles. The van der Waals surface area contributed by atoms with Crippen molar-refractivity contribution >= 4 is 10.0 Å². The molecular weight excluding hydrogens is 272 g/mol. The summed E-state index contributed by atoms with van der Waals surface area (Å²) in [4.78, 5) is 0.352. The molecule has 1 unspecified atom stereocenters. The van der Waals surface area contributed by atoms with Gasteiger partial charge in [-0.25, -0.2) is 13.1 Å². The Hall–Kier alpha value is -0.910. The van der Waals surface area contributed by atoms with Gasteiger partial charge in [0.25, 0.3) is 0 Å². The number of hydrogen-bond acceptors (Lipinski definition) is 3. The van der Waals surface area contributed by atoms with Gasteiger partial charge < -0.3 is 5.32 Å². The highest BCUT2D eigenvalue weighted by Crippen LogP contribution is 2.30. The van der Waals surface area contributed by atoms with Crippen LogP contribution in [0.2, 0.25) is 0 Å². The van der Waals surface area contributed by atoms with E-state index in [1.54, 1.807) is 18.2 Å². The molecule has 1 aromatic carbocycles. The van der Waals surface area contributed by atoms with Gasteiger partial charge in [-0.05, 0) is 51.4 Å². The van der Waals surface area contributed by atoms with Gasteiger partial charge in [0.1, 0.15) is 0 Å². The van der Waals surface area contributed by atoms with Crippen LogP contribution in [-0.4, -0.2) is 21.0 Å². The molecule has 2 rings (SSSR count). The molecule has 20 heavy (non-hydrogen) atoms. The number of benzene rings is 1. The van der Waals surface area contributed by atoms with Crippen molar-refractivity contribution in [3.63, 3.8) is 0 Å². The van der Waals surface area contributed by atoms with Crippen molar-refractivity contribution < 1.29 is 8.42 Å². The van der Waals surface area contributed by atoms with Crippen LogP contribution in [0.4, 0.5) is 0 Å². The van der Waals surface area contributed by atoms with Crippen molar-refractivity contribution in [3.05, 3.63) is 29.8 Å². The molecule has 1 aromatic rings. The van der Waals surface area contributed by atoms with Crippen molar-refractivity contribution in [1.82, 2.24) is 10.0 Å².